The summed E-state index contributed by atoms with van der Waals surface area (Å²) in [5.41, 5.74) is 0. The zero-order valence-electron chi connectivity index (χ0n) is 15.4. The number of nitrogens with zero attached hydrogens (tertiary/aromatic N) is 2. The monoisotopic (exact) mass is 373 g/mol. The van der Waals surface area contributed by atoms with Gasteiger partial charge in [-0.15, -0.1) is 0 Å². The molecule has 0 radical (unpaired) electrons. The number of carbonyl (C=O) groups is 3. The van der Waals surface area contributed by atoms with Crippen LogP contribution >= 0.6 is 0 Å². The van der Waals surface area contributed by atoms with Crippen molar-refractivity contribution in [3.63, 3.8) is 0 Å². The third-order valence-corrected chi connectivity index (χ3v) is 4.29. The van der Waals surface area contributed by atoms with Gasteiger partial charge in [0.05, 0.1) is 19.0 Å². The van der Waals surface area contributed by atoms with E-state index in [-0.39, 0.29) is 25.4 Å². The van der Waals surface area contributed by atoms with Crippen molar-refractivity contribution in [1.29, 1.82) is 0 Å². The second kappa shape index (κ2) is 12.6. The SMILES string of the molecule is CC(C(=O)NCCC(=O)O)N1CCNCCNCCN(CC(=O)O)CC1. The fourth-order valence-electron chi connectivity index (χ4n) is 2.72. The van der Waals surface area contributed by atoms with Gasteiger partial charge in [-0.1, -0.05) is 0 Å². The Bertz CT molecular complexity index is 462. The molecular formula is C16H31N5O5. The highest BCUT2D eigenvalue weighted by atomic mass is 16.4. The van der Waals surface area contributed by atoms with Crippen molar-refractivity contribution in [2.45, 2.75) is 19.4 Å². The number of carboxylic acid groups (broad SMARTS) is 2. The van der Waals surface area contributed by atoms with E-state index >= 15 is 0 Å². The summed E-state index contributed by atoms with van der Waals surface area (Å²) in [4.78, 5) is 37.7. The molecule has 1 heterocycles. The molecule has 5 N–H and O–H groups in total. The van der Waals surface area contributed by atoms with Crippen molar-refractivity contribution in [1.82, 2.24) is 25.8 Å². The van der Waals surface area contributed by atoms with Crippen molar-refractivity contribution in [2.24, 2.45) is 0 Å². The molecule has 1 fully saturated rings. The smallest absolute Gasteiger partial charge is 0.317 e. The number of carboxylic acids is 2. The molecule has 10 nitrogen and oxygen atoms in total. The number of rotatable bonds is 7. The van der Waals surface area contributed by atoms with Gasteiger partial charge in [-0.05, 0) is 6.92 Å². The molecule has 1 aliphatic heterocycles. The van der Waals surface area contributed by atoms with E-state index in [4.69, 9.17) is 10.2 Å². The van der Waals surface area contributed by atoms with Crippen molar-refractivity contribution < 1.29 is 24.6 Å². The van der Waals surface area contributed by atoms with Crippen molar-refractivity contribution in [3.8, 4) is 0 Å². The molecule has 0 saturated carbocycles. The zero-order valence-corrected chi connectivity index (χ0v) is 15.4. The van der Waals surface area contributed by atoms with E-state index < -0.39 is 18.0 Å². The Morgan fingerprint density at radius 3 is 2.23 bits per heavy atom. The number of amides is 1. The molecule has 0 spiro atoms. The predicted molar refractivity (Wildman–Crippen MR) is 96.1 cm³/mol. The van der Waals surface area contributed by atoms with Crippen LogP contribution in [0.2, 0.25) is 0 Å². The topological polar surface area (TPSA) is 134 Å². The van der Waals surface area contributed by atoms with Crippen LogP contribution in [0.1, 0.15) is 13.3 Å². The molecule has 10 heteroatoms. The summed E-state index contributed by atoms with van der Waals surface area (Å²) in [6.45, 7) is 7.24. The zero-order chi connectivity index (χ0) is 19.4. The molecular weight excluding hydrogens is 342 g/mol. The number of hydrogen-bond acceptors (Lipinski definition) is 7. The Kier molecular flexibility index (Phi) is 10.8. The first kappa shape index (κ1) is 22.3. The number of hydrogen-bond donors (Lipinski definition) is 5. The van der Waals surface area contributed by atoms with Gasteiger partial charge in [0.25, 0.3) is 0 Å². The molecule has 1 unspecified atom stereocenters. The van der Waals surface area contributed by atoms with Gasteiger partial charge >= 0.3 is 11.9 Å². The van der Waals surface area contributed by atoms with E-state index in [0.717, 1.165) is 13.1 Å². The van der Waals surface area contributed by atoms with Gasteiger partial charge < -0.3 is 26.2 Å². The maximum Gasteiger partial charge on any atom is 0.317 e. The second-order valence-corrected chi connectivity index (χ2v) is 6.32. The van der Waals surface area contributed by atoms with Crippen molar-refractivity contribution in [2.75, 3.05) is 65.4 Å². The Morgan fingerprint density at radius 1 is 0.962 bits per heavy atom. The summed E-state index contributed by atoms with van der Waals surface area (Å²) in [6.07, 6.45) is -0.112. The van der Waals surface area contributed by atoms with Crippen molar-refractivity contribution >= 4 is 17.8 Å². The molecule has 1 atom stereocenters. The summed E-state index contributed by atoms with van der Waals surface area (Å²) in [5, 5.41) is 26.9. The lowest BCUT2D eigenvalue weighted by atomic mass is 10.2. The molecule has 0 aromatic carbocycles. The van der Waals surface area contributed by atoms with E-state index in [9.17, 15) is 14.4 Å². The van der Waals surface area contributed by atoms with E-state index in [1.54, 1.807) is 6.92 Å². The predicted octanol–water partition coefficient (Wildman–Crippen LogP) is -2.15. The summed E-state index contributed by atoms with van der Waals surface area (Å²) >= 11 is 0. The van der Waals surface area contributed by atoms with Crippen LogP contribution in [0, 0.1) is 0 Å². The summed E-state index contributed by atoms with van der Waals surface area (Å²) in [6, 6.07) is -0.418. The molecule has 0 aromatic rings. The van der Waals surface area contributed by atoms with Crippen LogP contribution in [0.5, 0.6) is 0 Å². The largest absolute Gasteiger partial charge is 0.481 e. The van der Waals surface area contributed by atoms with Crippen LogP contribution in [0.4, 0.5) is 0 Å². The molecule has 0 aromatic heterocycles. The molecule has 1 amide bonds. The molecule has 1 aliphatic rings. The highest BCUT2D eigenvalue weighted by molar-refractivity contribution is 5.81. The van der Waals surface area contributed by atoms with Gasteiger partial charge in [0.15, 0.2) is 0 Å². The first-order valence-corrected chi connectivity index (χ1v) is 8.99. The van der Waals surface area contributed by atoms with Crippen LogP contribution in [-0.2, 0) is 14.4 Å². The van der Waals surface area contributed by atoms with E-state index in [1.165, 1.54) is 0 Å². The van der Waals surface area contributed by atoms with E-state index in [2.05, 4.69) is 16.0 Å². The highest BCUT2D eigenvalue weighted by Gasteiger charge is 2.22. The fraction of sp³-hybridized carbons (Fsp3) is 0.812. The standard InChI is InChI=1S/C16H31N5O5/c1-13(16(26)19-3-2-14(22)23)21-9-7-18-5-4-17-6-8-20(10-11-21)12-15(24)25/h13,17-18H,2-12H2,1H3,(H,19,26)(H,22,23)(H,24,25). The van der Waals surface area contributed by atoms with Gasteiger partial charge in [-0.25, -0.2) is 0 Å². The van der Waals surface area contributed by atoms with Gasteiger partial charge in [-0.3, -0.25) is 24.2 Å². The summed E-state index contributed by atoms with van der Waals surface area (Å²) < 4.78 is 0. The lowest BCUT2D eigenvalue weighted by molar-refractivity contribution is -0.139. The third-order valence-electron chi connectivity index (χ3n) is 4.29. The molecule has 0 aliphatic carbocycles. The number of aliphatic carboxylic acids is 2. The molecule has 1 rings (SSSR count). The number of nitrogens with one attached hydrogen (secondary N) is 3. The quantitative estimate of drug-likeness (QED) is 0.338. The third kappa shape index (κ3) is 9.66. The number of carbonyl (C=O) groups excluding carboxylic acids is 1. The summed E-state index contributed by atoms with van der Waals surface area (Å²) in [5.74, 6) is -2.04. The normalized spacial score (nSPS) is 19.7. The van der Waals surface area contributed by atoms with Crippen LogP contribution in [0.3, 0.4) is 0 Å². The van der Waals surface area contributed by atoms with Gasteiger partial charge in [0.1, 0.15) is 0 Å². The second-order valence-electron chi connectivity index (χ2n) is 6.32. The van der Waals surface area contributed by atoms with Gasteiger partial charge in [-0.2, -0.15) is 0 Å². The van der Waals surface area contributed by atoms with E-state index in [0.29, 0.717) is 39.3 Å². The Labute approximate surface area is 153 Å². The van der Waals surface area contributed by atoms with Crippen LogP contribution < -0.4 is 16.0 Å². The lowest BCUT2D eigenvalue weighted by Crippen LogP contribution is -2.51. The average Bonchev–Trinajstić information content (AvgIpc) is 2.56. The van der Waals surface area contributed by atoms with Crippen LogP contribution in [0.25, 0.3) is 0 Å². The Hall–Kier alpha value is -1.75. The van der Waals surface area contributed by atoms with Crippen LogP contribution in [-0.4, -0.2) is 109 Å². The lowest BCUT2D eigenvalue weighted by Gasteiger charge is -2.31. The summed E-state index contributed by atoms with van der Waals surface area (Å²) in [7, 11) is 0. The molecule has 1 saturated heterocycles. The first-order valence-electron chi connectivity index (χ1n) is 8.99. The average molecular weight is 373 g/mol. The maximum absolute atomic E-state index is 12.3. The minimum Gasteiger partial charge on any atom is -0.481 e. The first-order chi connectivity index (χ1) is 12.4. The fourth-order valence-corrected chi connectivity index (χ4v) is 2.72. The Morgan fingerprint density at radius 2 is 1.62 bits per heavy atom. The van der Waals surface area contributed by atoms with E-state index in [1.807, 2.05) is 9.80 Å². The minimum absolute atomic E-state index is 0.0348. The molecule has 26 heavy (non-hydrogen) atoms. The molecule has 0 bridgehead atoms. The minimum atomic E-state index is -0.952. The maximum atomic E-state index is 12.3. The van der Waals surface area contributed by atoms with Crippen LogP contribution in [0.15, 0.2) is 0 Å². The van der Waals surface area contributed by atoms with Gasteiger partial charge in [0, 0.05) is 58.9 Å². The van der Waals surface area contributed by atoms with Crippen molar-refractivity contribution in [3.05, 3.63) is 0 Å². The molecule has 150 valence electrons. The Balaban J connectivity index is 2.62. The van der Waals surface area contributed by atoms with Gasteiger partial charge in [0.2, 0.25) is 5.91 Å². The highest BCUT2D eigenvalue weighted by Crippen LogP contribution is 2.01.